The van der Waals surface area contributed by atoms with Gasteiger partial charge in [0, 0.05) is 25.2 Å². The molecule has 1 fully saturated rings. The fourth-order valence-electron chi connectivity index (χ4n) is 2.19. The van der Waals surface area contributed by atoms with Gasteiger partial charge in [0.2, 0.25) is 0 Å². The largest absolute Gasteiger partial charge is 0.444 e. The van der Waals surface area contributed by atoms with Gasteiger partial charge in [0.1, 0.15) is 15.9 Å². The van der Waals surface area contributed by atoms with Crippen molar-refractivity contribution in [3.05, 3.63) is 28.0 Å². The number of aromatic nitrogens is 1. The van der Waals surface area contributed by atoms with Crippen molar-refractivity contribution in [3.8, 4) is 0 Å². The Hall–Kier alpha value is -1.04. The number of carbonyl (C=O) groups excluding carboxylic acids is 1. The van der Waals surface area contributed by atoms with E-state index in [1.165, 1.54) is 0 Å². The number of hydrogen-bond donors (Lipinski definition) is 1. The van der Waals surface area contributed by atoms with Crippen molar-refractivity contribution >= 4 is 29.3 Å². The first-order valence-electron chi connectivity index (χ1n) is 6.80. The van der Waals surface area contributed by atoms with Gasteiger partial charge in [-0.05, 0) is 26.8 Å². The average molecular weight is 332 g/mol. The molecule has 5 nitrogen and oxygen atoms in total. The number of carbonyl (C=O) groups is 1. The lowest BCUT2D eigenvalue weighted by molar-refractivity contribution is 0.0118. The van der Waals surface area contributed by atoms with E-state index in [4.69, 9.17) is 27.9 Å². The first kappa shape index (κ1) is 16.3. The van der Waals surface area contributed by atoms with Crippen molar-refractivity contribution in [2.45, 2.75) is 32.4 Å². The van der Waals surface area contributed by atoms with Crippen LogP contribution in [0.2, 0.25) is 10.3 Å². The second kappa shape index (κ2) is 6.38. The van der Waals surface area contributed by atoms with E-state index < -0.39 is 5.60 Å². The van der Waals surface area contributed by atoms with Crippen LogP contribution in [0.25, 0.3) is 0 Å². The summed E-state index contributed by atoms with van der Waals surface area (Å²) >= 11 is 12.0. The van der Waals surface area contributed by atoms with Crippen LogP contribution < -0.4 is 5.32 Å². The van der Waals surface area contributed by atoms with E-state index >= 15 is 0 Å². The van der Waals surface area contributed by atoms with Gasteiger partial charge in [-0.25, -0.2) is 9.78 Å². The normalized spacial score (nSPS) is 19.5. The molecule has 0 aromatic carbocycles. The zero-order chi connectivity index (χ0) is 15.6. The first-order valence-corrected chi connectivity index (χ1v) is 7.56. The number of rotatable bonds is 1. The first-order chi connectivity index (χ1) is 9.78. The van der Waals surface area contributed by atoms with Gasteiger partial charge < -0.3 is 10.1 Å². The topological polar surface area (TPSA) is 54.5 Å². The highest BCUT2D eigenvalue weighted by molar-refractivity contribution is 6.32. The number of pyridine rings is 1. The van der Waals surface area contributed by atoms with Gasteiger partial charge in [-0.1, -0.05) is 29.3 Å². The van der Waals surface area contributed by atoms with E-state index in [0.717, 1.165) is 5.56 Å². The quantitative estimate of drug-likeness (QED) is 0.802. The molecule has 1 amide bonds. The van der Waals surface area contributed by atoms with E-state index in [-0.39, 0.29) is 12.1 Å². The predicted molar refractivity (Wildman–Crippen MR) is 82.8 cm³/mol. The SMILES string of the molecule is CC(C)(C)OC(=O)N1CCNCC1c1ccc(Cl)nc1Cl. The molecule has 1 atom stereocenters. The summed E-state index contributed by atoms with van der Waals surface area (Å²) in [4.78, 5) is 18.1. The Kier molecular flexibility index (Phi) is 4.96. The van der Waals surface area contributed by atoms with Gasteiger partial charge >= 0.3 is 6.09 Å². The Morgan fingerprint density at radius 1 is 1.43 bits per heavy atom. The summed E-state index contributed by atoms with van der Waals surface area (Å²) in [7, 11) is 0. The molecule has 1 unspecified atom stereocenters. The van der Waals surface area contributed by atoms with Crippen LogP contribution in [0, 0.1) is 0 Å². The molecule has 0 saturated carbocycles. The van der Waals surface area contributed by atoms with Crippen molar-refractivity contribution < 1.29 is 9.53 Å². The molecule has 1 saturated heterocycles. The van der Waals surface area contributed by atoms with Gasteiger partial charge in [-0.2, -0.15) is 0 Å². The summed E-state index contributed by atoms with van der Waals surface area (Å²) in [5, 5.41) is 3.89. The molecule has 1 aromatic rings. The lowest BCUT2D eigenvalue weighted by atomic mass is 10.1. The number of amides is 1. The summed E-state index contributed by atoms with van der Waals surface area (Å²) < 4.78 is 5.46. The fourth-order valence-corrected chi connectivity index (χ4v) is 2.66. The van der Waals surface area contributed by atoms with Gasteiger partial charge in [0.15, 0.2) is 0 Å². The lowest BCUT2D eigenvalue weighted by Crippen LogP contribution is -2.50. The van der Waals surface area contributed by atoms with Crippen LogP contribution in [0.5, 0.6) is 0 Å². The summed E-state index contributed by atoms with van der Waals surface area (Å²) in [6.07, 6.45) is -0.347. The fraction of sp³-hybridized carbons (Fsp3) is 0.571. The number of nitrogens with one attached hydrogen (secondary N) is 1. The molecule has 1 aliphatic rings. The van der Waals surface area contributed by atoms with Crippen molar-refractivity contribution in [3.63, 3.8) is 0 Å². The van der Waals surface area contributed by atoms with Crippen LogP contribution >= 0.6 is 23.2 Å². The highest BCUT2D eigenvalue weighted by Gasteiger charge is 2.32. The molecular formula is C14H19Cl2N3O2. The third-order valence-electron chi connectivity index (χ3n) is 3.07. The molecular weight excluding hydrogens is 313 g/mol. The second-order valence-corrected chi connectivity index (χ2v) is 6.65. The van der Waals surface area contributed by atoms with Gasteiger partial charge in [0.05, 0.1) is 6.04 Å². The number of piperazine rings is 1. The van der Waals surface area contributed by atoms with E-state index in [9.17, 15) is 4.79 Å². The number of ether oxygens (including phenoxy) is 1. The Balaban J connectivity index is 2.24. The summed E-state index contributed by atoms with van der Waals surface area (Å²) in [5.41, 5.74) is 0.230. The van der Waals surface area contributed by atoms with E-state index in [1.54, 1.807) is 17.0 Å². The highest BCUT2D eigenvalue weighted by atomic mass is 35.5. The van der Waals surface area contributed by atoms with Crippen molar-refractivity contribution in [2.24, 2.45) is 0 Å². The third-order valence-corrected chi connectivity index (χ3v) is 3.59. The maximum Gasteiger partial charge on any atom is 0.410 e. The Morgan fingerprint density at radius 2 is 2.14 bits per heavy atom. The monoisotopic (exact) mass is 331 g/mol. The van der Waals surface area contributed by atoms with E-state index in [0.29, 0.717) is 29.9 Å². The molecule has 0 radical (unpaired) electrons. The van der Waals surface area contributed by atoms with E-state index in [2.05, 4.69) is 10.3 Å². The summed E-state index contributed by atoms with van der Waals surface area (Å²) in [6, 6.07) is 3.25. The van der Waals surface area contributed by atoms with Crippen molar-refractivity contribution in [1.82, 2.24) is 15.2 Å². The van der Waals surface area contributed by atoms with Crippen LogP contribution in [0.4, 0.5) is 4.79 Å². The van der Waals surface area contributed by atoms with Crippen molar-refractivity contribution in [2.75, 3.05) is 19.6 Å². The molecule has 2 rings (SSSR count). The molecule has 1 N–H and O–H groups in total. The maximum absolute atomic E-state index is 12.4. The molecule has 0 bridgehead atoms. The third kappa shape index (κ3) is 4.22. The van der Waals surface area contributed by atoms with Gasteiger partial charge in [-0.15, -0.1) is 0 Å². The molecule has 116 valence electrons. The van der Waals surface area contributed by atoms with Crippen LogP contribution in [0.15, 0.2) is 12.1 Å². The molecule has 1 aromatic heterocycles. The standard InChI is InChI=1S/C14H19Cl2N3O2/c1-14(2,3)21-13(20)19-7-6-17-8-10(19)9-4-5-11(15)18-12(9)16/h4-5,10,17H,6-8H2,1-3H3. The average Bonchev–Trinajstić information content (AvgIpc) is 2.37. The van der Waals surface area contributed by atoms with Crippen molar-refractivity contribution in [1.29, 1.82) is 0 Å². The minimum absolute atomic E-state index is 0.217. The van der Waals surface area contributed by atoms with Crippen LogP contribution in [-0.4, -0.2) is 41.2 Å². The maximum atomic E-state index is 12.4. The van der Waals surface area contributed by atoms with Crippen LogP contribution in [0.1, 0.15) is 32.4 Å². The molecule has 0 aliphatic carbocycles. The van der Waals surface area contributed by atoms with Crippen LogP contribution in [-0.2, 0) is 4.74 Å². The molecule has 21 heavy (non-hydrogen) atoms. The van der Waals surface area contributed by atoms with E-state index in [1.807, 2.05) is 20.8 Å². The predicted octanol–water partition coefficient (Wildman–Crippen LogP) is 3.27. The molecule has 2 heterocycles. The number of hydrogen-bond acceptors (Lipinski definition) is 4. The minimum atomic E-state index is -0.533. The smallest absolute Gasteiger partial charge is 0.410 e. The lowest BCUT2D eigenvalue weighted by Gasteiger charge is -2.37. The molecule has 0 spiro atoms. The zero-order valence-corrected chi connectivity index (χ0v) is 13.8. The molecule has 7 heteroatoms. The highest BCUT2D eigenvalue weighted by Crippen LogP contribution is 2.29. The Morgan fingerprint density at radius 3 is 2.76 bits per heavy atom. The summed E-state index contributed by atoms with van der Waals surface area (Å²) in [6.45, 7) is 7.41. The zero-order valence-electron chi connectivity index (χ0n) is 12.3. The Labute approximate surface area is 134 Å². The van der Waals surface area contributed by atoms with Crippen LogP contribution in [0.3, 0.4) is 0 Å². The number of nitrogens with zero attached hydrogens (tertiary/aromatic N) is 2. The second-order valence-electron chi connectivity index (χ2n) is 5.91. The molecule has 1 aliphatic heterocycles. The Bertz CT molecular complexity index is 531. The van der Waals surface area contributed by atoms with Gasteiger partial charge in [0.25, 0.3) is 0 Å². The number of halogens is 2. The van der Waals surface area contributed by atoms with Gasteiger partial charge in [-0.3, -0.25) is 4.90 Å². The minimum Gasteiger partial charge on any atom is -0.444 e. The summed E-state index contributed by atoms with van der Waals surface area (Å²) in [5.74, 6) is 0.